The molecule has 0 bridgehead atoms. The van der Waals surface area contributed by atoms with Crippen molar-refractivity contribution >= 4 is 17.0 Å². The fraction of sp³-hybridized carbons (Fsp3) is 0.235. The molecule has 3 atom stereocenters. The van der Waals surface area contributed by atoms with Crippen molar-refractivity contribution < 1.29 is 0 Å². The molecule has 2 aliphatic rings. The highest BCUT2D eigenvalue weighted by atomic mass is 32.1. The highest BCUT2D eigenvalue weighted by Crippen LogP contribution is 2.51. The van der Waals surface area contributed by atoms with E-state index in [4.69, 9.17) is 0 Å². The Morgan fingerprint density at radius 3 is 3.00 bits per heavy atom. The lowest BCUT2D eigenvalue weighted by Gasteiger charge is -2.37. The van der Waals surface area contributed by atoms with Crippen molar-refractivity contribution in [3.63, 3.8) is 0 Å². The van der Waals surface area contributed by atoms with Crippen LogP contribution in [0.25, 0.3) is 0 Å². The minimum atomic E-state index is 0.317. The maximum atomic E-state index is 9.35. The van der Waals surface area contributed by atoms with Gasteiger partial charge >= 0.3 is 0 Å². The van der Waals surface area contributed by atoms with Crippen LogP contribution < -0.4 is 5.32 Å². The van der Waals surface area contributed by atoms with Crippen molar-refractivity contribution in [2.45, 2.75) is 18.4 Å². The minimum absolute atomic E-state index is 0.317. The van der Waals surface area contributed by atoms with E-state index in [1.165, 1.54) is 10.4 Å². The molecule has 98 valence electrons. The molecular formula is C17H14N2S. The van der Waals surface area contributed by atoms with E-state index in [1.54, 1.807) is 11.3 Å². The van der Waals surface area contributed by atoms with Gasteiger partial charge in [0.15, 0.2) is 0 Å². The van der Waals surface area contributed by atoms with Gasteiger partial charge in [0, 0.05) is 10.8 Å². The molecule has 2 nitrogen and oxygen atoms in total. The third kappa shape index (κ3) is 1.62. The summed E-state index contributed by atoms with van der Waals surface area (Å²) < 4.78 is 0. The summed E-state index contributed by atoms with van der Waals surface area (Å²) in [5.41, 5.74) is 3.06. The van der Waals surface area contributed by atoms with Crippen LogP contribution in [-0.4, -0.2) is 0 Å². The first-order valence-corrected chi connectivity index (χ1v) is 7.76. The summed E-state index contributed by atoms with van der Waals surface area (Å²) in [6.45, 7) is 0. The van der Waals surface area contributed by atoms with E-state index in [0.29, 0.717) is 17.9 Å². The molecule has 4 rings (SSSR count). The molecule has 1 aromatic carbocycles. The van der Waals surface area contributed by atoms with Crippen molar-refractivity contribution in [2.75, 3.05) is 5.32 Å². The number of para-hydroxylation sites is 1. The quantitative estimate of drug-likeness (QED) is 0.782. The second kappa shape index (κ2) is 4.50. The first-order valence-electron chi connectivity index (χ1n) is 6.88. The smallest absolute Gasteiger partial charge is 0.101 e. The van der Waals surface area contributed by atoms with Gasteiger partial charge in [0.1, 0.15) is 6.07 Å². The maximum absolute atomic E-state index is 9.35. The first-order chi connectivity index (χ1) is 9.88. The number of thiophene rings is 1. The monoisotopic (exact) mass is 278 g/mol. The summed E-state index contributed by atoms with van der Waals surface area (Å²) in [5, 5.41) is 15.1. The fourth-order valence-corrected chi connectivity index (χ4v) is 4.32. The lowest BCUT2D eigenvalue weighted by molar-refractivity contribution is 0.430. The number of benzene rings is 1. The molecule has 2 aromatic rings. The number of nitrogens with zero attached hydrogens (tertiary/aromatic N) is 1. The van der Waals surface area contributed by atoms with E-state index in [1.807, 2.05) is 12.1 Å². The van der Waals surface area contributed by atoms with Gasteiger partial charge in [0.2, 0.25) is 0 Å². The Labute approximate surface area is 122 Å². The second-order valence-corrected chi connectivity index (χ2v) is 6.35. The summed E-state index contributed by atoms with van der Waals surface area (Å²) in [6, 6.07) is 13.0. The highest BCUT2D eigenvalue weighted by molar-refractivity contribution is 7.10. The van der Waals surface area contributed by atoms with E-state index in [9.17, 15) is 5.26 Å². The number of nitrogens with one attached hydrogen (secondary N) is 1. The minimum Gasteiger partial charge on any atom is -0.376 e. The number of fused-ring (bicyclic) bond motifs is 3. The summed E-state index contributed by atoms with van der Waals surface area (Å²) in [7, 11) is 0. The van der Waals surface area contributed by atoms with Crippen LogP contribution in [0.2, 0.25) is 0 Å². The molecule has 0 spiro atoms. The topological polar surface area (TPSA) is 35.8 Å². The predicted molar refractivity (Wildman–Crippen MR) is 81.8 cm³/mol. The molecule has 20 heavy (non-hydrogen) atoms. The number of hydrogen-bond acceptors (Lipinski definition) is 3. The zero-order chi connectivity index (χ0) is 13.5. The zero-order valence-corrected chi connectivity index (χ0v) is 11.7. The van der Waals surface area contributed by atoms with Gasteiger partial charge in [-0.3, -0.25) is 0 Å². The van der Waals surface area contributed by atoms with Crippen LogP contribution in [-0.2, 0) is 0 Å². The standard InChI is InChI=1S/C17H14N2S/c18-10-11-4-1-6-13-12-5-2-7-14(12)17(19-16(11)13)15-8-3-9-20-15/h1-6,8-9,12,14,17,19H,7H2. The third-order valence-electron chi connectivity index (χ3n) is 4.37. The molecule has 1 N–H and O–H groups in total. The van der Waals surface area contributed by atoms with Crippen LogP contribution in [0.3, 0.4) is 0 Å². The first kappa shape index (κ1) is 11.7. The Kier molecular flexibility index (Phi) is 2.64. The summed E-state index contributed by atoms with van der Waals surface area (Å²) >= 11 is 1.79. The van der Waals surface area contributed by atoms with E-state index in [0.717, 1.165) is 17.7 Å². The van der Waals surface area contributed by atoms with Crippen LogP contribution in [0.4, 0.5) is 5.69 Å². The van der Waals surface area contributed by atoms with Crippen molar-refractivity contribution in [1.82, 2.24) is 0 Å². The largest absolute Gasteiger partial charge is 0.376 e. The molecule has 3 unspecified atom stereocenters. The maximum Gasteiger partial charge on any atom is 0.101 e. The van der Waals surface area contributed by atoms with Crippen molar-refractivity contribution in [2.24, 2.45) is 5.92 Å². The normalized spacial score (nSPS) is 26.4. The van der Waals surface area contributed by atoms with E-state index >= 15 is 0 Å². The fourth-order valence-electron chi connectivity index (χ4n) is 3.46. The third-order valence-corrected chi connectivity index (χ3v) is 5.32. The Hall–Kier alpha value is -2.05. The van der Waals surface area contributed by atoms with Gasteiger partial charge in [-0.05, 0) is 35.4 Å². The summed E-state index contributed by atoms with van der Waals surface area (Å²) in [6.07, 6.45) is 5.70. The Bertz CT molecular complexity index is 709. The van der Waals surface area contributed by atoms with Gasteiger partial charge in [-0.25, -0.2) is 0 Å². The average molecular weight is 278 g/mol. The SMILES string of the molecule is N#Cc1cccc2c1NC(c1cccs1)C1CC=CC21. The van der Waals surface area contributed by atoms with Crippen molar-refractivity contribution in [1.29, 1.82) is 5.26 Å². The van der Waals surface area contributed by atoms with Crippen LogP contribution in [0.5, 0.6) is 0 Å². The molecule has 0 fully saturated rings. The number of allylic oxidation sites excluding steroid dienone is 2. The lowest BCUT2D eigenvalue weighted by Crippen LogP contribution is -2.29. The second-order valence-electron chi connectivity index (χ2n) is 5.37. The van der Waals surface area contributed by atoms with Crippen LogP contribution in [0.1, 0.15) is 34.4 Å². The predicted octanol–water partition coefficient (Wildman–Crippen LogP) is 4.45. The Morgan fingerprint density at radius 2 is 2.20 bits per heavy atom. The van der Waals surface area contributed by atoms with Gasteiger partial charge in [0.05, 0.1) is 17.3 Å². The van der Waals surface area contributed by atoms with Crippen molar-refractivity contribution in [3.8, 4) is 6.07 Å². The molecule has 0 amide bonds. The number of hydrogen-bond donors (Lipinski definition) is 1. The Balaban J connectivity index is 1.87. The molecule has 0 saturated carbocycles. The van der Waals surface area contributed by atoms with Crippen LogP contribution >= 0.6 is 11.3 Å². The van der Waals surface area contributed by atoms with E-state index in [-0.39, 0.29) is 0 Å². The van der Waals surface area contributed by atoms with Crippen molar-refractivity contribution in [3.05, 3.63) is 63.9 Å². The average Bonchev–Trinajstić information content (AvgIpc) is 3.16. The van der Waals surface area contributed by atoms with Gasteiger partial charge in [-0.2, -0.15) is 5.26 Å². The number of anilines is 1. The number of nitriles is 1. The van der Waals surface area contributed by atoms with E-state index in [2.05, 4.69) is 47.1 Å². The molecule has 0 radical (unpaired) electrons. The van der Waals surface area contributed by atoms with Crippen LogP contribution in [0, 0.1) is 17.2 Å². The van der Waals surface area contributed by atoms with Crippen LogP contribution in [0.15, 0.2) is 47.9 Å². The summed E-state index contributed by atoms with van der Waals surface area (Å²) in [4.78, 5) is 1.36. The van der Waals surface area contributed by atoms with Gasteiger partial charge in [-0.15, -0.1) is 11.3 Å². The molecular weight excluding hydrogens is 264 g/mol. The zero-order valence-electron chi connectivity index (χ0n) is 10.9. The molecule has 1 aromatic heterocycles. The molecule has 1 aliphatic carbocycles. The highest BCUT2D eigenvalue weighted by Gasteiger charge is 2.38. The number of rotatable bonds is 1. The molecule has 1 aliphatic heterocycles. The summed E-state index contributed by atoms with van der Waals surface area (Å²) in [5.74, 6) is 1.00. The Morgan fingerprint density at radius 1 is 1.25 bits per heavy atom. The van der Waals surface area contributed by atoms with Gasteiger partial charge < -0.3 is 5.32 Å². The van der Waals surface area contributed by atoms with Gasteiger partial charge in [0.25, 0.3) is 0 Å². The lowest BCUT2D eigenvalue weighted by atomic mass is 9.78. The molecule has 3 heteroatoms. The van der Waals surface area contributed by atoms with Gasteiger partial charge in [-0.1, -0.05) is 30.4 Å². The van der Waals surface area contributed by atoms with E-state index < -0.39 is 0 Å². The molecule has 0 saturated heterocycles. The molecule has 2 heterocycles.